The second-order valence-electron chi connectivity index (χ2n) is 12.6. The highest BCUT2D eigenvalue weighted by Crippen LogP contribution is 2.45. The van der Waals surface area contributed by atoms with Crippen molar-refractivity contribution in [3.63, 3.8) is 0 Å². The SMILES string of the molecule is COC(=O)N1CCC(C(C)Nc2nc(CC3CC3)c(C(N)=O)c(-c3ccc4c(c3)OC(F)(F)C(=O)N4Cc3ccc(Cl)cn3)c2C=N)CC1. The number of amides is 3. The van der Waals surface area contributed by atoms with Crippen LogP contribution in [0.3, 0.4) is 0 Å². The number of pyridine rings is 2. The highest BCUT2D eigenvalue weighted by Gasteiger charge is 2.50. The molecule has 2 aromatic heterocycles. The Labute approximate surface area is 286 Å². The number of benzene rings is 1. The fourth-order valence-electron chi connectivity index (χ4n) is 6.49. The number of piperidine rings is 1. The lowest BCUT2D eigenvalue weighted by atomic mass is 9.89. The normalized spacial score (nSPS) is 17.9. The standard InChI is InChI=1S/C34H36ClF2N7O5/c1-18(20-9-11-43(12-10-20)33(47)48-2)41-31-24(15-38)28(29(30(39)45)25(42-31)13-19-3-4-19)21-5-8-26-27(14-21)49-34(36,37)32(46)44(26)17-23-7-6-22(35)16-40-23/h5-8,14-16,18-20,38H,3-4,9-13,17H2,1-2H3,(H2,39,45)(H,41,42). The van der Waals surface area contributed by atoms with Crippen LogP contribution in [0.2, 0.25) is 5.02 Å². The molecule has 3 aromatic rings. The van der Waals surface area contributed by atoms with E-state index in [0.29, 0.717) is 60.5 Å². The van der Waals surface area contributed by atoms with E-state index in [0.717, 1.165) is 24.0 Å². The summed E-state index contributed by atoms with van der Waals surface area (Å²) >= 11 is 5.93. The van der Waals surface area contributed by atoms with Crippen LogP contribution in [-0.2, 0) is 22.5 Å². The van der Waals surface area contributed by atoms with E-state index >= 15 is 8.78 Å². The summed E-state index contributed by atoms with van der Waals surface area (Å²) in [6, 6.07) is 7.29. The fraction of sp³-hybridized carbons (Fsp3) is 0.412. The predicted molar refractivity (Wildman–Crippen MR) is 178 cm³/mol. The molecule has 3 amide bonds. The van der Waals surface area contributed by atoms with Crippen molar-refractivity contribution in [1.29, 1.82) is 5.41 Å². The molecule has 3 aliphatic rings. The fourth-order valence-corrected chi connectivity index (χ4v) is 6.61. The third-order valence-electron chi connectivity index (χ3n) is 9.30. The lowest BCUT2D eigenvalue weighted by Crippen LogP contribution is -2.50. The van der Waals surface area contributed by atoms with Crippen molar-refractivity contribution in [2.75, 3.05) is 30.4 Å². The third-order valence-corrected chi connectivity index (χ3v) is 9.53. The molecule has 4 N–H and O–H groups in total. The van der Waals surface area contributed by atoms with Crippen LogP contribution in [0.4, 0.5) is 25.1 Å². The average molecular weight is 696 g/mol. The molecule has 2 fully saturated rings. The molecule has 0 bridgehead atoms. The van der Waals surface area contributed by atoms with E-state index in [2.05, 4.69) is 10.3 Å². The van der Waals surface area contributed by atoms with Gasteiger partial charge in [-0.2, -0.15) is 8.78 Å². The number of nitrogens with two attached hydrogens (primary N) is 1. The summed E-state index contributed by atoms with van der Waals surface area (Å²) < 4.78 is 39.9. The molecule has 4 heterocycles. The van der Waals surface area contributed by atoms with Crippen molar-refractivity contribution in [2.45, 2.75) is 57.7 Å². The average Bonchev–Trinajstić information content (AvgIpc) is 3.90. The van der Waals surface area contributed by atoms with Crippen LogP contribution in [0.15, 0.2) is 36.5 Å². The zero-order valence-corrected chi connectivity index (χ0v) is 27.7. The van der Waals surface area contributed by atoms with Crippen LogP contribution in [0.25, 0.3) is 11.1 Å². The molecule has 6 rings (SSSR count). The molecule has 1 atom stereocenters. The first-order chi connectivity index (χ1) is 23.4. The number of rotatable bonds is 10. The molecule has 258 valence electrons. The summed E-state index contributed by atoms with van der Waals surface area (Å²) in [6.07, 6.45) is 1.68. The Morgan fingerprint density at radius 3 is 2.57 bits per heavy atom. The Hall–Kier alpha value is -4.85. The van der Waals surface area contributed by atoms with Crippen LogP contribution in [-0.4, -0.2) is 71.3 Å². The number of fused-ring (bicyclic) bond motifs is 1. The van der Waals surface area contributed by atoms with Crippen molar-refractivity contribution in [3.8, 4) is 16.9 Å². The number of ether oxygens (including phenoxy) is 2. The number of hydrogen-bond donors (Lipinski definition) is 3. The van der Waals surface area contributed by atoms with Gasteiger partial charge >= 0.3 is 18.1 Å². The van der Waals surface area contributed by atoms with Crippen LogP contribution in [0.5, 0.6) is 5.75 Å². The van der Waals surface area contributed by atoms with Crippen molar-refractivity contribution in [1.82, 2.24) is 14.9 Å². The number of anilines is 2. The van der Waals surface area contributed by atoms with Gasteiger partial charge in [0.1, 0.15) is 5.82 Å². The quantitative estimate of drug-likeness (QED) is 0.229. The molecule has 49 heavy (non-hydrogen) atoms. The highest BCUT2D eigenvalue weighted by molar-refractivity contribution is 6.30. The number of carbonyl (C=O) groups excluding carboxylic acids is 3. The summed E-state index contributed by atoms with van der Waals surface area (Å²) in [6.45, 7) is 2.78. The van der Waals surface area contributed by atoms with E-state index in [1.165, 1.54) is 31.5 Å². The largest absolute Gasteiger partial charge is 0.482 e. The van der Waals surface area contributed by atoms with Gasteiger partial charge in [0.05, 0.1) is 41.3 Å². The van der Waals surface area contributed by atoms with E-state index < -0.39 is 17.9 Å². The lowest BCUT2D eigenvalue weighted by Gasteiger charge is -2.35. The Bertz CT molecular complexity index is 1800. The Morgan fingerprint density at radius 1 is 1.22 bits per heavy atom. The van der Waals surface area contributed by atoms with Gasteiger partial charge in [-0.25, -0.2) is 9.78 Å². The first-order valence-electron chi connectivity index (χ1n) is 16.0. The van der Waals surface area contributed by atoms with E-state index in [9.17, 15) is 14.4 Å². The number of methoxy groups -OCH3 is 1. The minimum absolute atomic E-state index is 0.0750. The predicted octanol–water partition coefficient (Wildman–Crippen LogP) is 5.64. The van der Waals surface area contributed by atoms with Crippen molar-refractivity contribution in [2.24, 2.45) is 17.6 Å². The molecule has 1 aliphatic carbocycles. The topological polar surface area (TPSA) is 164 Å². The number of primary amides is 1. The van der Waals surface area contributed by atoms with Crippen LogP contribution < -0.4 is 20.7 Å². The minimum Gasteiger partial charge on any atom is -0.453 e. The number of hydrogen-bond acceptors (Lipinski definition) is 9. The zero-order chi connectivity index (χ0) is 35.0. The highest BCUT2D eigenvalue weighted by atomic mass is 35.5. The number of nitrogens with one attached hydrogen (secondary N) is 2. The molecule has 1 saturated heterocycles. The first kappa shape index (κ1) is 34.0. The van der Waals surface area contributed by atoms with Gasteiger partial charge in [-0.3, -0.25) is 19.5 Å². The smallest absolute Gasteiger partial charge is 0.453 e. The number of aromatic nitrogens is 2. The lowest BCUT2D eigenvalue weighted by molar-refractivity contribution is -0.193. The minimum atomic E-state index is -4.18. The van der Waals surface area contributed by atoms with Crippen molar-refractivity contribution in [3.05, 3.63) is 64.1 Å². The molecule has 15 heteroatoms. The maximum atomic E-state index is 15.1. The van der Waals surface area contributed by atoms with Gasteiger partial charge in [0.2, 0.25) is 0 Å². The summed E-state index contributed by atoms with van der Waals surface area (Å²) in [5.74, 6) is -1.82. The molecule has 0 radical (unpaired) electrons. The molecule has 1 aromatic carbocycles. The van der Waals surface area contributed by atoms with Gasteiger partial charge in [-0.1, -0.05) is 17.7 Å². The summed E-state index contributed by atoms with van der Waals surface area (Å²) in [5, 5.41) is 12.2. The number of carbonyl (C=O) groups is 3. The maximum absolute atomic E-state index is 15.1. The van der Waals surface area contributed by atoms with Gasteiger partial charge in [0, 0.05) is 42.7 Å². The number of likely N-dealkylation sites (tertiary alicyclic amines) is 1. The zero-order valence-electron chi connectivity index (χ0n) is 27.0. The molecular weight excluding hydrogens is 660 g/mol. The van der Waals surface area contributed by atoms with Crippen molar-refractivity contribution < 1.29 is 32.6 Å². The van der Waals surface area contributed by atoms with Crippen LogP contribution in [0, 0.1) is 17.2 Å². The van der Waals surface area contributed by atoms with Gasteiger partial charge < -0.3 is 30.8 Å². The first-order valence-corrected chi connectivity index (χ1v) is 16.4. The van der Waals surface area contributed by atoms with E-state index in [4.69, 9.17) is 37.2 Å². The van der Waals surface area contributed by atoms with E-state index in [1.54, 1.807) is 17.0 Å². The van der Waals surface area contributed by atoms with Gasteiger partial charge in [-0.15, -0.1) is 0 Å². The maximum Gasteiger partial charge on any atom is 0.482 e. The Morgan fingerprint density at radius 2 is 1.96 bits per heavy atom. The molecular formula is C34H36ClF2N7O5. The second-order valence-corrected chi connectivity index (χ2v) is 13.1. The monoisotopic (exact) mass is 695 g/mol. The third kappa shape index (κ3) is 7.00. The van der Waals surface area contributed by atoms with E-state index in [1.807, 2.05) is 6.92 Å². The van der Waals surface area contributed by atoms with Crippen LogP contribution >= 0.6 is 11.6 Å². The molecule has 2 aliphatic heterocycles. The Kier molecular flexibility index (Phi) is 9.43. The Balaban J connectivity index is 1.41. The molecule has 0 spiro atoms. The van der Waals surface area contributed by atoms with E-state index in [-0.39, 0.29) is 58.3 Å². The molecule has 1 saturated carbocycles. The number of halogens is 3. The van der Waals surface area contributed by atoms with Gasteiger partial charge in [0.25, 0.3) is 5.91 Å². The number of nitrogens with zero attached hydrogens (tertiary/aromatic N) is 4. The van der Waals surface area contributed by atoms with Crippen molar-refractivity contribution >= 4 is 47.2 Å². The summed E-state index contributed by atoms with van der Waals surface area (Å²) in [5.41, 5.74) is 7.68. The molecule has 1 unspecified atom stereocenters. The van der Waals surface area contributed by atoms with Gasteiger partial charge in [-0.05, 0) is 80.7 Å². The second kappa shape index (κ2) is 13.6. The molecule has 12 nitrogen and oxygen atoms in total. The number of alkyl halides is 2. The van der Waals surface area contributed by atoms with Crippen LogP contribution in [0.1, 0.15) is 59.9 Å². The summed E-state index contributed by atoms with van der Waals surface area (Å²) in [4.78, 5) is 49.5. The van der Waals surface area contributed by atoms with Gasteiger partial charge in [0.15, 0.2) is 5.75 Å². The summed E-state index contributed by atoms with van der Waals surface area (Å²) in [7, 11) is 1.35.